The lowest BCUT2D eigenvalue weighted by Gasteiger charge is -2.18. The summed E-state index contributed by atoms with van der Waals surface area (Å²) in [7, 11) is 0. The quantitative estimate of drug-likeness (QED) is 0.175. The van der Waals surface area contributed by atoms with Gasteiger partial charge in [-0.2, -0.15) is 13.2 Å². The average molecular weight is 641 g/mol. The number of fused-ring (bicyclic) bond motifs is 4. The molecule has 49 heavy (non-hydrogen) atoms. The smallest absolute Gasteiger partial charge is 0.292 e. The van der Waals surface area contributed by atoms with Crippen LogP contribution in [-0.4, -0.2) is 9.55 Å². The molecule has 0 aliphatic rings. The van der Waals surface area contributed by atoms with Crippen LogP contribution in [0.25, 0.3) is 82.7 Å². The molecule has 1 heterocycles. The second-order valence-electron chi connectivity index (χ2n) is 12.3. The van der Waals surface area contributed by atoms with Crippen LogP contribution >= 0.6 is 0 Å². The van der Waals surface area contributed by atoms with Gasteiger partial charge in [-0.3, -0.25) is 4.57 Å². The Labute approximate surface area is 280 Å². The highest BCUT2D eigenvalue weighted by Gasteiger charge is 2.31. The van der Waals surface area contributed by atoms with Crippen LogP contribution in [0.4, 0.5) is 13.2 Å². The molecule has 0 atom stereocenters. The zero-order valence-electron chi connectivity index (χ0n) is 26.1. The summed E-state index contributed by atoms with van der Waals surface area (Å²) >= 11 is 0. The SMILES string of the molecule is FC(F)(F)c1ccc2c(c1)nc(-c1ccccc1)n2-c1ccc(-c2c3ccccc3c(-c3ccc4ccccc4c3)c3ccccc23)cc1. The van der Waals surface area contributed by atoms with Crippen molar-refractivity contribution >= 4 is 43.4 Å². The minimum atomic E-state index is -4.46. The fraction of sp³-hybridized carbons (Fsp3) is 0.0227. The van der Waals surface area contributed by atoms with E-state index in [2.05, 4.69) is 103 Å². The van der Waals surface area contributed by atoms with Gasteiger partial charge in [-0.05, 0) is 91.0 Å². The van der Waals surface area contributed by atoms with Gasteiger partial charge in [0.2, 0.25) is 0 Å². The molecule has 9 aromatic rings. The largest absolute Gasteiger partial charge is 0.416 e. The van der Waals surface area contributed by atoms with Gasteiger partial charge in [0.1, 0.15) is 5.82 Å². The van der Waals surface area contributed by atoms with Gasteiger partial charge in [-0.25, -0.2) is 4.98 Å². The van der Waals surface area contributed by atoms with Crippen molar-refractivity contribution < 1.29 is 13.2 Å². The lowest BCUT2D eigenvalue weighted by molar-refractivity contribution is -0.137. The van der Waals surface area contributed by atoms with Gasteiger partial charge >= 0.3 is 6.18 Å². The predicted molar refractivity (Wildman–Crippen MR) is 195 cm³/mol. The van der Waals surface area contributed by atoms with E-state index < -0.39 is 11.7 Å². The molecular formula is C44H27F3N2. The average Bonchev–Trinajstić information content (AvgIpc) is 3.53. The Morgan fingerprint density at radius 1 is 0.449 bits per heavy atom. The second kappa shape index (κ2) is 11.2. The molecule has 0 N–H and O–H groups in total. The topological polar surface area (TPSA) is 17.8 Å². The van der Waals surface area contributed by atoms with Crippen molar-refractivity contribution in [3.05, 3.63) is 169 Å². The summed E-state index contributed by atoms with van der Waals surface area (Å²) in [6.45, 7) is 0. The highest BCUT2D eigenvalue weighted by atomic mass is 19.4. The third-order valence-corrected chi connectivity index (χ3v) is 9.40. The van der Waals surface area contributed by atoms with E-state index in [-0.39, 0.29) is 0 Å². The van der Waals surface area contributed by atoms with E-state index in [0.29, 0.717) is 16.9 Å². The van der Waals surface area contributed by atoms with Crippen molar-refractivity contribution in [1.29, 1.82) is 0 Å². The van der Waals surface area contributed by atoms with Crippen LogP contribution in [0.1, 0.15) is 5.56 Å². The molecule has 2 nitrogen and oxygen atoms in total. The molecule has 9 rings (SSSR count). The van der Waals surface area contributed by atoms with Gasteiger partial charge in [0.15, 0.2) is 0 Å². The van der Waals surface area contributed by atoms with E-state index in [1.54, 1.807) is 0 Å². The molecule has 5 heteroatoms. The first kappa shape index (κ1) is 29.0. The Hall–Kier alpha value is -6.20. The van der Waals surface area contributed by atoms with E-state index in [1.807, 2.05) is 47.0 Å². The minimum absolute atomic E-state index is 0.291. The maximum absolute atomic E-state index is 13.6. The number of alkyl halides is 3. The summed E-state index contributed by atoms with van der Waals surface area (Å²) in [5.41, 5.74) is 6.36. The van der Waals surface area contributed by atoms with Crippen molar-refractivity contribution in [2.75, 3.05) is 0 Å². The molecule has 0 bridgehead atoms. The number of halogens is 3. The van der Waals surface area contributed by atoms with Gasteiger partial charge in [-0.1, -0.05) is 127 Å². The molecule has 0 radical (unpaired) electrons. The van der Waals surface area contributed by atoms with E-state index >= 15 is 0 Å². The zero-order chi connectivity index (χ0) is 33.1. The van der Waals surface area contributed by atoms with Crippen LogP contribution < -0.4 is 0 Å². The monoisotopic (exact) mass is 640 g/mol. The van der Waals surface area contributed by atoms with E-state index in [0.717, 1.165) is 45.3 Å². The van der Waals surface area contributed by atoms with Gasteiger partial charge in [0, 0.05) is 11.3 Å². The molecule has 0 saturated carbocycles. The molecule has 0 amide bonds. The Kier molecular flexibility index (Phi) is 6.63. The molecule has 0 fully saturated rings. The van der Waals surface area contributed by atoms with Crippen LogP contribution in [0, 0.1) is 0 Å². The zero-order valence-corrected chi connectivity index (χ0v) is 26.1. The van der Waals surface area contributed by atoms with Gasteiger partial charge in [0.25, 0.3) is 0 Å². The lowest BCUT2D eigenvalue weighted by Crippen LogP contribution is -2.04. The number of rotatable bonds is 4. The van der Waals surface area contributed by atoms with Crippen LogP contribution in [0.2, 0.25) is 0 Å². The molecule has 0 unspecified atom stereocenters. The van der Waals surface area contributed by atoms with Gasteiger partial charge < -0.3 is 0 Å². The van der Waals surface area contributed by atoms with E-state index in [1.165, 1.54) is 38.7 Å². The van der Waals surface area contributed by atoms with Crippen LogP contribution in [0.3, 0.4) is 0 Å². The summed E-state index contributed by atoms with van der Waals surface area (Å²) in [5.74, 6) is 0.582. The number of imidazole rings is 1. The van der Waals surface area contributed by atoms with Crippen LogP contribution in [0.15, 0.2) is 164 Å². The molecule has 0 spiro atoms. The number of nitrogens with zero attached hydrogens (tertiary/aromatic N) is 2. The summed E-state index contributed by atoms with van der Waals surface area (Å²) in [6, 6.07) is 53.8. The summed E-state index contributed by atoms with van der Waals surface area (Å²) in [6.07, 6.45) is -4.46. The molecule has 0 aliphatic heterocycles. The van der Waals surface area contributed by atoms with Gasteiger partial charge in [0.05, 0.1) is 16.6 Å². The second-order valence-corrected chi connectivity index (χ2v) is 12.3. The molecular weight excluding hydrogens is 613 g/mol. The van der Waals surface area contributed by atoms with Crippen LogP contribution in [0.5, 0.6) is 0 Å². The van der Waals surface area contributed by atoms with E-state index in [4.69, 9.17) is 4.98 Å². The Bertz CT molecular complexity index is 2630. The van der Waals surface area contributed by atoms with Crippen molar-refractivity contribution in [1.82, 2.24) is 9.55 Å². The molecule has 234 valence electrons. The van der Waals surface area contributed by atoms with Crippen molar-refractivity contribution in [2.24, 2.45) is 0 Å². The first-order valence-electron chi connectivity index (χ1n) is 16.1. The molecule has 0 saturated heterocycles. The maximum Gasteiger partial charge on any atom is 0.416 e. The van der Waals surface area contributed by atoms with Crippen molar-refractivity contribution in [2.45, 2.75) is 6.18 Å². The summed E-state index contributed by atoms with van der Waals surface area (Å²) in [5, 5.41) is 7.04. The normalized spacial score (nSPS) is 12.0. The number of aromatic nitrogens is 2. The number of hydrogen-bond donors (Lipinski definition) is 0. The standard InChI is InChI=1S/C44H27F3N2/c45-44(46,47)33-22-25-40-39(27-33)48-43(30-11-2-1-3-12-30)49(40)34-23-20-29(21-24-34)41-35-14-6-8-16-37(35)42(38-17-9-7-15-36(38)41)32-19-18-28-10-4-5-13-31(28)26-32/h1-27H. The highest BCUT2D eigenvalue weighted by molar-refractivity contribution is 6.21. The summed E-state index contributed by atoms with van der Waals surface area (Å²) < 4.78 is 42.9. The number of benzene rings is 8. The molecule has 8 aromatic carbocycles. The maximum atomic E-state index is 13.6. The first-order chi connectivity index (χ1) is 23.9. The van der Waals surface area contributed by atoms with E-state index in [9.17, 15) is 13.2 Å². The fourth-order valence-corrected chi connectivity index (χ4v) is 7.17. The number of hydrogen-bond acceptors (Lipinski definition) is 1. The lowest BCUT2D eigenvalue weighted by atomic mass is 9.85. The van der Waals surface area contributed by atoms with Crippen LogP contribution in [-0.2, 0) is 6.18 Å². The summed E-state index contributed by atoms with van der Waals surface area (Å²) in [4.78, 5) is 4.72. The van der Waals surface area contributed by atoms with Crippen molar-refractivity contribution in [3.63, 3.8) is 0 Å². The molecule has 0 aliphatic carbocycles. The Morgan fingerprint density at radius 3 is 1.63 bits per heavy atom. The fourth-order valence-electron chi connectivity index (χ4n) is 7.17. The highest BCUT2D eigenvalue weighted by Crippen LogP contribution is 2.44. The Morgan fingerprint density at radius 2 is 1.00 bits per heavy atom. The first-order valence-corrected chi connectivity index (χ1v) is 16.1. The van der Waals surface area contributed by atoms with Crippen molar-refractivity contribution in [3.8, 4) is 39.3 Å². The van der Waals surface area contributed by atoms with Gasteiger partial charge in [-0.15, -0.1) is 0 Å². The third kappa shape index (κ3) is 4.85. The predicted octanol–water partition coefficient (Wildman–Crippen LogP) is 12.5. The molecule has 1 aromatic heterocycles. The minimum Gasteiger partial charge on any atom is -0.292 e. The third-order valence-electron chi connectivity index (χ3n) is 9.40. The Balaban J connectivity index is 1.24.